The molecule has 1 aliphatic rings. The molecule has 19 heavy (non-hydrogen) atoms. The molecule has 0 aromatic carbocycles. The highest BCUT2D eigenvalue weighted by Crippen LogP contribution is 2.31. The third-order valence-electron chi connectivity index (χ3n) is 2.83. The molecule has 106 valence electrons. The Morgan fingerprint density at radius 1 is 1.58 bits per heavy atom. The summed E-state index contributed by atoms with van der Waals surface area (Å²) < 4.78 is 31.5. The molecule has 1 aromatic heterocycles. The van der Waals surface area contributed by atoms with Gasteiger partial charge in [0.05, 0.1) is 24.3 Å². The van der Waals surface area contributed by atoms with Crippen LogP contribution in [0.3, 0.4) is 0 Å². The van der Waals surface area contributed by atoms with E-state index < -0.39 is 27.2 Å². The van der Waals surface area contributed by atoms with Crippen molar-refractivity contribution in [3.05, 3.63) is 11.2 Å². The molecule has 0 spiro atoms. The van der Waals surface area contributed by atoms with Crippen LogP contribution in [0.4, 0.5) is 0 Å². The van der Waals surface area contributed by atoms with Crippen LogP contribution in [0.15, 0.2) is 9.72 Å². The van der Waals surface area contributed by atoms with Crippen LogP contribution in [-0.2, 0) is 14.8 Å². The standard InChI is InChI=1S/C10H14N2O5S2/c1-10(2)5-17-4-3-12(10)19(15,16)9-7(8(13)14)11-6-18-9/h6H,3-5H2,1-2H3,(H,13,14). The summed E-state index contributed by atoms with van der Waals surface area (Å²) in [7, 11) is -3.87. The number of ether oxygens (including phenoxy) is 1. The molecule has 0 unspecified atom stereocenters. The summed E-state index contributed by atoms with van der Waals surface area (Å²) in [5.74, 6) is -1.34. The zero-order valence-electron chi connectivity index (χ0n) is 10.5. The molecule has 2 rings (SSSR count). The van der Waals surface area contributed by atoms with Gasteiger partial charge in [-0.2, -0.15) is 4.31 Å². The second-order valence-corrected chi connectivity index (χ2v) is 7.65. The number of morpholine rings is 1. The summed E-state index contributed by atoms with van der Waals surface area (Å²) in [4.78, 5) is 14.6. The number of hydrogen-bond acceptors (Lipinski definition) is 6. The molecule has 1 aromatic rings. The van der Waals surface area contributed by atoms with Crippen molar-refractivity contribution in [2.24, 2.45) is 0 Å². The van der Waals surface area contributed by atoms with Gasteiger partial charge >= 0.3 is 5.97 Å². The maximum atomic E-state index is 12.6. The first-order valence-corrected chi connectivity index (χ1v) is 7.86. The van der Waals surface area contributed by atoms with Crippen molar-refractivity contribution in [3.63, 3.8) is 0 Å². The second kappa shape index (κ2) is 4.82. The van der Waals surface area contributed by atoms with E-state index in [1.165, 1.54) is 9.82 Å². The zero-order chi connectivity index (χ0) is 14.3. The lowest BCUT2D eigenvalue weighted by Crippen LogP contribution is -2.55. The molecule has 7 nitrogen and oxygen atoms in total. The van der Waals surface area contributed by atoms with Crippen LogP contribution in [0.2, 0.25) is 0 Å². The Kier molecular flexibility index (Phi) is 3.65. The lowest BCUT2D eigenvalue weighted by atomic mass is 10.1. The average molecular weight is 306 g/mol. The largest absolute Gasteiger partial charge is 0.476 e. The lowest BCUT2D eigenvalue weighted by molar-refractivity contribution is -0.00765. The minimum absolute atomic E-state index is 0.201. The minimum atomic E-state index is -3.87. The Labute approximate surface area is 114 Å². The molecule has 0 amide bonds. The van der Waals surface area contributed by atoms with Crippen LogP contribution in [-0.4, -0.2) is 54.1 Å². The predicted molar refractivity (Wildman–Crippen MR) is 67.9 cm³/mol. The van der Waals surface area contributed by atoms with Gasteiger partial charge < -0.3 is 9.84 Å². The maximum absolute atomic E-state index is 12.6. The maximum Gasteiger partial charge on any atom is 0.356 e. The molecule has 0 aliphatic carbocycles. The van der Waals surface area contributed by atoms with Crippen molar-refractivity contribution in [1.29, 1.82) is 0 Å². The Morgan fingerprint density at radius 3 is 2.84 bits per heavy atom. The van der Waals surface area contributed by atoms with Crippen molar-refractivity contribution in [2.75, 3.05) is 19.8 Å². The number of sulfonamides is 1. The van der Waals surface area contributed by atoms with Crippen LogP contribution in [0.25, 0.3) is 0 Å². The van der Waals surface area contributed by atoms with E-state index in [1.807, 2.05) is 0 Å². The van der Waals surface area contributed by atoms with E-state index in [2.05, 4.69) is 4.98 Å². The van der Waals surface area contributed by atoms with Crippen LogP contribution < -0.4 is 0 Å². The summed E-state index contributed by atoms with van der Waals surface area (Å²) in [5, 5.41) is 8.98. The normalized spacial score (nSPS) is 20.3. The van der Waals surface area contributed by atoms with E-state index in [4.69, 9.17) is 9.84 Å². The lowest BCUT2D eigenvalue weighted by Gasteiger charge is -2.40. The van der Waals surface area contributed by atoms with Gasteiger partial charge in [0.15, 0.2) is 9.90 Å². The number of hydrogen-bond donors (Lipinski definition) is 1. The first-order valence-electron chi connectivity index (χ1n) is 5.54. The molecule has 1 N–H and O–H groups in total. The molecule has 9 heteroatoms. The van der Waals surface area contributed by atoms with E-state index >= 15 is 0 Å². The molecule has 1 saturated heterocycles. The van der Waals surface area contributed by atoms with Crippen molar-refractivity contribution >= 4 is 27.3 Å². The summed E-state index contributed by atoms with van der Waals surface area (Å²) in [6, 6.07) is 0. The van der Waals surface area contributed by atoms with Crippen LogP contribution in [0.1, 0.15) is 24.3 Å². The van der Waals surface area contributed by atoms with Crippen molar-refractivity contribution in [3.8, 4) is 0 Å². The molecular weight excluding hydrogens is 292 g/mol. The molecule has 2 heterocycles. The van der Waals surface area contributed by atoms with E-state index in [-0.39, 0.29) is 17.4 Å². The highest BCUT2D eigenvalue weighted by Gasteiger charge is 2.42. The van der Waals surface area contributed by atoms with Gasteiger partial charge in [0.2, 0.25) is 0 Å². The van der Waals surface area contributed by atoms with E-state index in [1.54, 1.807) is 13.8 Å². The molecule has 0 bridgehead atoms. The Hall–Kier alpha value is -1.03. The van der Waals surface area contributed by atoms with Gasteiger partial charge in [-0.05, 0) is 13.8 Å². The number of carboxylic acids is 1. The number of aromatic nitrogens is 1. The molecule has 0 radical (unpaired) electrons. The van der Waals surface area contributed by atoms with Crippen LogP contribution in [0, 0.1) is 0 Å². The predicted octanol–water partition coefficient (Wildman–Crippen LogP) is 0.641. The van der Waals surface area contributed by atoms with Crippen molar-refractivity contribution in [1.82, 2.24) is 9.29 Å². The molecule has 0 saturated carbocycles. The SMILES string of the molecule is CC1(C)COCCN1S(=O)(=O)c1scnc1C(=O)O. The number of thiazole rings is 1. The summed E-state index contributed by atoms with van der Waals surface area (Å²) in [6.07, 6.45) is 0. The fourth-order valence-electron chi connectivity index (χ4n) is 1.95. The molecule has 0 atom stereocenters. The number of carbonyl (C=O) groups is 1. The molecule has 1 fully saturated rings. The van der Waals surface area contributed by atoms with Gasteiger partial charge in [-0.3, -0.25) is 0 Å². The van der Waals surface area contributed by atoms with Gasteiger partial charge in [-0.1, -0.05) is 0 Å². The van der Waals surface area contributed by atoms with E-state index in [9.17, 15) is 13.2 Å². The van der Waals surface area contributed by atoms with Crippen molar-refractivity contribution < 1.29 is 23.1 Å². The topological polar surface area (TPSA) is 96.8 Å². The number of carboxylic acid groups (broad SMARTS) is 1. The highest BCUT2D eigenvalue weighted by atomic mass is 32.2. The van der Waals surface area contributed by atoms with Gasteiger partial charge in [0, 0.05) is 6.54 Å². The van der Waals surface area contributed by atoms with Gasteiger partial charge in [0.1, 0.15) is 0 Å². The number of rotatable bonds is 3. The zero-order valence-corrected chi connectivity index (χ0v) is 12.1. The third-order valence-corrected chi connectivity index (χ3v) is 6.29. The van der Waals surface area contributed by atoms with Gasteiger partial charge in [-0.15, -0.1) is 11.3 Å². The number of nitrogens with zero attached hydrogens (tertiary/aromatic N) is 2. The van der Waals surface area contributed by atoms with E-state index in [0.29, 0.717) is 6.61 Å². The van der Waals surface area contributed by atoms with Crippen LogP contribution in [0.5, 0.6) is 0 Å². The number of aromatic carboxylic acids is 1. The highest BCUT2D eigenvalue weighted by molar-refractivity contribution is 7.91. The fraction of sp³-hybridized carbons (Fsp3) is 0.600. The van der Waals surface area contributed by atoms with Crippen LogP contribution >= 0.6 is 11.3 Å². The first-order chi connectivity index (χ1) is 8.77. The van der Waals surface area contributed by atoms with Gasteiger partial charge in [-0.25, -0.2) is 18.2 Å². The van der Waals surface area contributed by atoms with E-state index in [0.717, 1.165) is 11.3 Å². The van der Waals surface area contributed by atoms with Crippen molar-refractivity contribution in [2.45, 2.75) is 23.6 Å². The average Bonchev–Trinajstić information content (AvgIpc) is 2.77. The smallest absolute Gasteiger partial charge is 0.356 e. The summed E-state index contributed by atoms with van der Waals surface area (Å²) >= 11 is 0.817. The fourth-order valence-corrected chi connectivity index (χ4v) is 4.94. The summed E-state index contributed by atoms with van der Waals surface area (Å²) in [6.45, 7) is 4.25. The molecular formula is C10H14N2O5S2. The Morgan fingerprint density at radius 2 is 2.26 bits per heavy atom. The quantitative estimate of drug-likeness (QED) is 0.880. The van der Waals surface area contributed by atoms with Gasteiger partial charge in [0.25, 0.3) is 10.0 Å². The third kappa shape index (κ3) is 2.50. The Balaban J connectivity index is 2.47. The second-order valence-electron chi connectivity index (χ2n) is 4.74. The Bertz CT molecular complexity index is 593. The molecule has 1 aliphatic heterocycles. The summed E-state index contributed by atoms with van der Waals surface area (Å²) in [5.41, 5.74) is 0.0907. The monoisotopic (exact) mass is 306 g/mol. The first kappa shape index (κ1) is 14.4. The minimum Gasteiger partial charge on any atom is -0.476 e.